The zero-order chi connectivity index (χ0) is 13.3. The molecule has 3 nitrogen and oxygen atoms in total. The molecule has 1 fully saturated rings. The van der Waals surface area contributed by atoms with Crippen LogP contribution in [0, 0.1) is 5.92 Å². The molecular formula is C15H21NO2. The van der Waals surface area contributed by atoms with Crippen LogP contribution < -0.4 is 4.90 Å². The number of carboxylic acid groups (broad SMARTS) is 1. The molecule has 1 heterocycles. The summed E-state index contributed by atoms with van der Waals surface area (Å²) in [7, 11) is 0. The van der Waals surface area contributed by atoms with E-state index in [1.807, 2.05) is 6.92 Å². The Balaban J connectivity index is 2.15. The van der Waals surface area contributed by atoms with Crippen molar-refractivity contribution in [3.63, 3.8) is 0 Å². The topological polar surface area (TPSA) is 40.5 Å². The standard InChI is InChI=1S/C15H21NO2/c1-10(2)12-4-6-13(7-5-12)16-9-8-14(11(16)3)15(17)18/h4-7,10-11,14H,8-9H2,1-3H3,(H,17,18). The number of hydrogen-bond acceptors (Lipinski definition) is 2. The molecule has 18 heavy (non-hydrogen) atoms. The van der Waals surface area contributed by atoms with Gasteiger partial charge in [-0.2, -0.15) is 0 Å². The lowest BCUT2D eigenvalue weighted by molar-refractivity contribution is -0.141. The fourth-order valence-electron chi connectivity index (χ4n) is 2.68. The van der Waals surface area contributed by atoms with Gasteiger partial charge in [-0.05, 0) is 37.0 Å². The largest absolute Gasteiger partial charge is 0.481 e. The van der Waals surface area contributed by atoms with Gasteiger partial charge in [-0.15, -0.1) is 0 Å². The average Bonchev–Trinajstić information content (AvgIpc) is 2.71. The van der Waals surface area contributed by atoms with Crippen LogP contribution in [0.15, 0.2) is 24.3 Å². The number of carbonyl (C=O) groups is 1. The molecule has 1 aliphatic heterocycles. The summed E-state index contributed by atoms with van der Waals surface area (Å²) in [6.45, 7) is 7.18. The smallest absolute Gasteiger partial charge is 0.308 e. The molecule has 2 atom stereocenters. The molecule has 0 spiro atoms. The molecule has 2 rings (SSSR count). The maximum atomic E-state index is 11.1. The van der Waals surface area contributed by atoms with Crippen LogP contribution in [-0.2, 0) is 4.79 Å². The van der Waals surface area contributed by atoms with Crippen LogP contribution in [0.1, 0.15) is 38.7 Å². The number of anilines is 1. The van der Waals surface area contributed by atoms with Gasteiger partial charge in [-0.3, -0.25) is 4.79 Å². The second-order valence-electron chi connectivity index (χ2n) is 5.41. The SMILES string of the molecule is CC(C)c1ccc(N2CCC(C(=O)O)C2C)cc1. The van der Waals surface area contributed by atoms with Crippen LogP contribution in [0.25, 0.3) is 0 Å². The predicted octanol–water partition coefficient (Wildman–Crippen LogP) is 3.11. The van der Waals surface area contributed by atoms with E-state index in [4.69, 9.17) is 5.11 Å². The lowest BCUT2D eigenvalue weighted by atomic mass is 10.0. The molecule has 1 saturated heterocycles. The Bertz CT molecular complexity index is 425. The molecule has 3 heteroatoms. The molecule has 0 aromatic heterocycles. The number of carboxylic acids is 1. The Morgan fingerprint density at radius 3 is 2.39 bits per heavy atom. The van der Waals surface area contributed by atoms with Crippen LogP contribution in [-0.4, -0.2) is 23.7 Å². The maximum Gasteiger partial charge on any atom is 0.308 e. The van der Waals surface area contributed by atoms with E-state index in [1.54, 1.807) is 0 Å². The molecule has 2 unspecified atom stereocenters. The van der Waals surface area contributed by atoms with Crippen molar-refractivity contribution >= 4 is 11.7 Å². The molecule has 0 radical (unpaired) electrons. The minimum atomic E-state index is -0.677. The van der Waals surface area contributed by atoms with Crippen molar-refractivity contribution in [2.75, 3.05) is 11.4 Å². The summed E-state index contributed by atoms with van der Waals surface area (Å²) in [6, 6.07) is 8.57. The van der Waals surface area contributed by atoms with Crippen molar-refractivity contribution in [1.82, 2.24) is 0 Å². The number of benzene rings is 1. The van der Waals surface area contributed by atoms with E-state index in [1.165, 1.54) is 5.56 Å². The fourth-order valence-corrected chi connectivity index (χ4v) is 2.68. The van der Waals surface area contributed by atoms with Gasteiger partial charge in [0.2, 0.25) is 0 Å². The Labute approximate surface area is 108 Å². The second-order valence-corrected chi connectivity index (χ2v) is 5.41. The van der Waals surface area contributed by atoms with Crippen molar-refractivity contribution in [3.05, 3.63) is 29.8 Å². The predicted molar refractivity (Wildman–Crippen MR) is 73.1 cm³/mol. The van der Waals surface area contributed by atoms with Gasteiger partial charge in [0.15, 0.2) is 0 Å². The monoisotopic (exact) mass is 247 g/mol. The number of rotatable bonds is 3. The Morgan fingerprint density at radius 2 is 1.94 bits per heavy atom. The zero-order valence-corrected chi connectivity index (χ0v) is 11.3. The first-order valence-electron chi connectivity index (χ1n) is 6.60. The summed E-state index contributed by atoms with van der Waals surface area (Å²) in [4.78, 5) is 13.3. The minimum Gasteiger partial charge on any atom is -0.481 e. The highest BCUT2D eigenvalue weighted by Gasteiger charge is 2.35. The molecule has 0 bridgehead atoms. The third-order valence-electron chi connectivity index (χ3n) is 3.96. The number of nitrogens with zero attached hydrogens (tertiary/aromatic N) is 1. The number of aliphatic carboxylic acids is 1. The van der Waals surface area contributed by atoms with Gasteiger partial charge < -0.3 is 10.0 Å². The first-order valence-corrected chi connectivity index (χ1v) is 6.60. The van der Waals surface area contributed by atoms with Crippen LogP contribution in [0.5, 0.6) is 0 Å². The molecule has 0 saturated carbocycles. The maximum absolute atomic E-state index is 11.1. The highest BCUT2D eigenvalue weighted by atomic mass is 16.4. The lowest BCUT2D eigenvalue weighted by Crippen LogP contribution is -2.32. The Hall–Kier alpha value is -1.51. The molecule has 1 N–H and O–H groups in total. The summed E-state index contributed by atoms with van der Waals surface area (Å²) in [5.41, 5.74) is 2.45. The van der Waals surface area contributed by atoms with E-state index < -0.39 is 5.97 Å². The fraction of sp³-hybridized carbons (Fsp3) is 0.533. The van der Waals surface area contributed by atoms with E-state index in [9.17, 15) is 4.79 Å². The number of hydrogen-bond donors (Lipinski definition) is 1. The van der Waals surface area contributed by atoms with Crippen molar-refractivity contribution in [1.29, 1.82) is 0 Å². The van der Waals surface area contributed by atoms with E-state index in [2.05, 4.69) is 43.0 Å². The minimum absolute atomic E-state index is 0.0763. The average molecular weight is 247 g/mol. The van der Waals surface area contributed by atoms with Crippen molar-refractivity contribution in [2.24, 2.45) is 5.92 Å². The normalized spacial score (nSPS) is 23.7. The van der Waals surface area contributed by atoms with Crippen molar-refractivity contribution in [2.45, 2.75) is 39.2 Å². The van der Waals surface area contributed by atoms with Crippen LogP contribution >= 0.6 is 0 Å². The summed E-state index contributed by atoms with van der Waals surface area (Å²) in [5, 5.41) is 9.14. The first kappa shape index (κ1) is 12.9. The zero-order valence-electron chi connectivity index (χ0n) is 11.3. The Morgan fingerprint density at radius 1 is 1.33 bits per heavy atom. The summed E-state index contributed by atoms with van der Waals surface area (Å²) < 4.78 is 0. The third kappa shape index (κ3) is 2.35. The van der Waals surface area contributed by atoms with E-state index >= 15 is 0 Å². The van der Waals surface area contributed by atoms with E-state index in [0.29, 0.717) is 5.92 Å². The summed E-state index contributed by atoms with van der Waals surface area (Å²) in [6.07, 6.45) is 0.739. The summed E-state index contributed by atoms with van der Waals surface area (Å²) in [5.74, 6) is -0.389. The van der Waals surface area contributed by atoms with Gasteiger partial charge in [-0.25, -0.2) is 0 Å². The van der Waals surface area contributed by atoms with Crippen LogP contribution in [0.3, 0.4) is 0 Å². The molecular weight excluding hydrogens is 226 g/mol. The second kappa shape index (κ2) is 5.01. The Kier molecular flexibility index (Phi) is 3.60. The van der Waals surface area contributed by atoms with Crippen molar-refractivity contribution < 1.29 is 9.90 Å². The quantitative estimate of drug-likeness (QED) is 0.892. The highest BCUT2D eigenvalue weighted by Crippen LogP contribution is 2.30. The third-order valence-corrected chi connectivity index (χ3v) is 3.96. The molecule has 1 aromatic carbocycles. The van der Waals surface area contributed by atoms with Gasteiger partial charge in [0.1, 0.15) is 0 Å². The van der Waals surface area contributed by atoms with Crippen molar-refractivity contribution in [3.8, 4) is 0 Å². The van der Waals surface area contributed by atoms with Gasteiger partial charge in [0.25, 0.3) is 0 Å². The first-order chi connectivity index (χ1) is 8.50. The molecule has 1 aromatic rings. The highest BCUT2D eigenvalue weighted by molar-refractivity contribution is 5.73. The van der Waals surface area contributed by atoms with E-state index in [0.717, 1.165) is 18.7 Å². The van der Waals surface area contributed by atoms with Gasteiger partial charge in [-0.1, -0.05) is 26.0 Å². The lowest BCUT2D eigenvalue weighted by Gasteiger charge is -2.25. The summed E-state index contributed by atoms with van der Waals surface area (Å²) >= 11 is 0. The van der Waals surface area contributed by atoms with Gasteiger partial charge in [0.05, 0.1) is 5.92 Å². The molecule has 0 aliphatic carbocycles. The van der Waals surface area contributed by atoms with Crippen LogP contribution in [0.4, 0.5) is 5.69 Å². The van der Waals surface area contributed by atoms with E-state index in [-0.39, 0.29) is 12.0 Å². The molecule has 0 amide bonds. The molecule has 98 valence electrons. The van der Waals surface area contributed by atoms with Crippen LogP contribution in [0.2, 0.25) is 0 Å². The van der Waals surface area contributed by atoms with Gasteiger partial charge in [0, 0.05) is 18.3 Å². The van der Waals surface area contributed by atoms with Gasteiger partial charge >= 0.3 is 5.97 Å². The molecule has 1 aliphatic rings.